The first-order valence-electron chi connectivity index (χ1n) is 5.78. The highest BCUT2D eigenvalue weighted by Crippen LogP contribution is 2.26. The molecule has 0 saturated carbocycles. The number of hydrogen-bond donors (Lipinski definition) is 3. The summed E-state index contributed by atoms with van der Waals surface area (Å²) < 4.78 is 5.04. The Morgan fingerprint density at radius 1 is 1.35 bits per heavy atom. The summed E-state index contributed by atoms with van der Waals surface area (Å²) in [6.07, 6.45) is 0. The minimum atomic E-state index is 0.0785. The normalized spacial score (nSPS) is 12.8. The van der Waals surface area contributed by atoms with Crippen molar-refractivity contribution in [2.75, 3.05) is 13.7 Å². The monoisotopic (exact) mass is 239 g/mol. The van der Waals surface area contributed by atoms with Crippen molar-refractivity contribution >= 4 is 0 Å². The standard InChI is InChI=1S/C13H21NO3/c1-9(2)11(8-15)14-7-10-4-5-12(16)13(6-10)17-3/h4-6,9,11,14-16H,7-8H2,1-3H3/t11-/m1/s1. The van der Waals surface area contributed by atoms with Crippen LogP contribution in [0.3, 0.4) is 0 Å². The molecule has 0 aliphatic heterocycles. The van der Waals surface area contributed by atoms with Gasteiger partial charge in [0.2, 0.25) is 0 Å². The number of phenolic OH excluding ortho intramolecular Hbond substituents is 1. The molecule has 1 aromatic rings. The van der Waals surface area contributed by atoms with Gasteiger partial charge in [-0.15, -0.1) is 0 Å². The van der Waals surface area contributed by atoms with Crippen molar-refractivity contribution < 1.29 is 14.9 Å². The van der Waals surface area contributed by atoms with Gasteiger partial charge >= 0.3 is 0 Å². The highest BCUT2D eigenvalue weighted by molar-refractivity contribution is 5.41. The number of aliphatic hydroxyl groups is 1. The molecule has 0 amide bonds. The van der Waals surface area contributed by atoms with Crippen LogP contribution in [0, 0.1) is 5.92 Å². The van der Waals surface area contributed by atoms with Crippen LogP contribution in [0.4, 0.5) is 0 Å². The smallest absolute Gasteiger partial charge is 0.160 e. The molecule has 1 aromatic carbocycles. The predicted octanol–water partition coefficient (Wildman–Crippen LogP) is 1.51. The third kappa shape index (κ3) is 3.91. The fourth-order valence-corrected chi connectivity index (χ4v) is 1.59. The van der Waals surface area contributed by atoms with Crippen LogP contribution in [0.15, 0.2) is 18.2 Å². The lowest BCUT2D eigenvalue weighted by molar-refractivity contribution is 0.210. The van der Waals surface area contributed by atoms with E-state index in [2.05, 4.69) is 19.2 Å². The van der Waals surface area contributed by atoms with Gasteiger partial charge in [-0.1, -0.05) is 19.9 Å². The van der Waals surface area contributed by atoms with Crippen LogP contribution in [0.1, 0.15) is 19.4 Å². The molecule has 4 nitrogen and oxygen atoms in total. The van der Waals surface area contributed by atoms with Gasteiger partial charge in [0.05, 0.1) is 13.7 Å². The molecule has 1 atom stereocenters. The molecule has 17 heavy (non-hydrogen) atoms. The number of methoxy groups -OCH3 is 1. The summed E-state index contributed by atoms with van der Waals surface area (Å²) in [5, 5.41) is 21.9. The van der Waals surface area contributed by atoms with Crippen molar-refractivity contribution in [3.8, 4) is 11.5 Å². The van der Waals surface area contributed by atoms with Gasteiger partial charge in [0.1, 0.15) is 0 Å². The first-order chi connectivity index (χ1) is 8.08. The summed E-state index contributed by atoms with van der Waals surface area (Å²) in [5.41, 5.74) is 1.01. The Hall–Kier alpha value is -1.26. The Morgan fingerprint density at radius 3 is 2.59 bits per heavy atom. The molecule has 0 radical (unpaired) electrons. The molecule has 0 aromatic heterocycles. The van der Waals surface area contributed by atoms with Gasteiger partial charge in [0.15, 0.2) is 11.5 Å². The summed E-state index contributed by atoms with van der Waals surface area (Å²) in [7, 11) is 1.52. The highest BCUT2D eigenvalue weighted by atomic mass is 16.5. The zero-order valence-corrected chi connectivity index (χ0v) is 10.6. The SMILES string of the molecule is COc1cc(CN[C@H](CO)C(C)C)ccc1O. The second-order valence-corrected chi connectivity index (χ2v) is 4.42. The van der Waals surface area contributed by atoms with E-state index in [1.807, 2.05) is 6.07 Å². The van der Waals surface area contributed by atoms with Gasteiger partial charge in [-0.25, -0.2) is 0 Å². The van der Waals surface area contributed by atoms with E-state index in [1.165, 1.54) is 7.11 Å². The van der Waals surface area contributed by atoms with Gasteiger partial charge in [0, 0.05) is 12.6 Å². The molecule has 0 saturated heterocycles. The van der Waals surface area contributed by atoms with Crippen LogP contribution >= 0.6 is 0 Å². The Labute approximate surface area is 102 Å². The quantitative estimate of drug-likeness (QED) is 0.704. The second kappa shape index (κ2) is 6.47. The molecule has 0 aliphatic carbocycles. The Kier molecular flexibility index (Phi) is 5.25. The zero-order valence-electron chi connectivity index (χ0n) is 10.6. The average Bonchev–Trinajstić information content (AvgIpc) is 2.31. The highest BCUT2D eigenvalue weighted by Gasteiger charge is 2.11. The fraction of sp³-hybridized carbons (Fsp3) is 0.538. The number of phenols is 1. The minimum absolute atomic E-state index is 0.0785. The van der Waals surface area contributed by atoms with Crippen molar-refractivity contribution in [1.29, 1.82) is 0 Å². The summed E-state index contributed by atoms with van der Waals surface area (Å²) in [4.78, 5) is 0. The molecule has 0 unspecified atom stereocenters. The van der Waals surface area contributed by atoms with Crippen molar-refractivity contribution in [2.24, 2.45) is 5.92 Å². The van der Waals surface area contributed by atoms with E-state index in [4.69, 9.17) is 4.74 Å². The maximum atomic E-state index is 9.46. The molecular formula is C13H21NO3. The molecule has 1 rings (SSSR count). The minimum Gasteiger partial charge on any atom is -0.504 e. The van der Waals surface area contributed by atoms with Crippen molar-refractivity contribution in [3.63, 3.8) is 0 Å². The third-order valence-corrected chi connectivity index (χ3v) is 2.81. The lowest BCUT2D eigenvalue weighted by Gasteiger charge is -2.20. The van der Waals surface area contributed by atoms with Crippen LogP contribution in [0.25, 0.3) is 0 Å². The molecule has 96 valence electrons. The Balaban J connectivity index is 2.63. The molecule has 0 spiro atoms. The second-order valence-electron chi connectivity index (χ2n) is 4.42. The van der Waals surface area contributed by atoms with E-state index in [9.17, 15) is 10.2 Å². The molecule has 0 fully saturated rings. The Bertz CT molecular complexity index is 353. The lowest BCUT2D eigenvalue weighted by Crippen LogP contribution is -2.36. The lowest BCUT2D eigenvalue weighted by atomic mass is 10.0. The van der Waals surface area contributed by atoms with Crippen LogP contribution in [0.2, 0.25) is 0 Å². The van der Waals surface area contributed by atoms with Crippen molar-refractivity contribution in [2.45, 2.75) is 26.4 Å². The summed E-state index contributed by atoms with van der Waals surface area (Å²) in [6, 6.07) is 5.31. The summed E-state index contributed by atoms with van der Waals surface area (Å²) in [6.45, 7) is 4.88. The molecule has 0 aliphatic rings. The van der Waals surface area contributed by atoms with E-state index < -0.39 is 0 Å². The maximum Gasteiger partial charge on any atom is 0.160 e. The number of aromatic hydroxyl groups is 1. The van der Waals surface area contributed by atoms with Crippen LogP contribution in [0.5, 0.6) is 11.5 Å². The molecule has 3 N–H and O–H groups in total. The van der Waals surface area contributed by atoms with E-state index in [1.54, 1.807) is 12.1 Å². The zero-order chi connectivity index (χ0) is 12.8. The van der Waals surface area contributed by atoms with Gasteiger partial charge in [-0.05, 0) is 23.6 Å². The third-order valence-electron chi connectivity index (χ3n) is 2.81. The molecule has 4 heteroatoms. The summed E-state index contributed by atoms with van der Waals surface area (Å²) >= 11 is 0. The molecule has 0 heterocycles. The van der Waals surface area contributed by atoms with Gasteiger partial charge in [-0.3, -0.25) is 0 Å². The largest absolute Gasteiger partial charge is 0.504 e. The van der Waals surface area contributed by atoms with Gasteiger partial charge in [0.25, 0.3) is 0 Å². The van der Waals surface area contributed by atoms with E-state index >= 15 is 0 Å². The van der Waals surface area contributed by atoms with Crippen LogP contribution < -0.4 is 10.1 Å². The Morgan fingerprint density at radius 2 is 2.06 bits per heavy atom. The van der Waals surface area contributed by atoms with Gasteiger partial charge in [-0.2, -0.15) is 0 Å². The molecule has 0 bridgehead atoms. The maximum absolute atomic E-state index is 9.46. The number of aliphatic hydroxyl groups excluding tert-OH is 1. The van der Waals surface area contributed by atoms with Crippen LogP contribution in [-0.4, -0.2) is 30.0 Å². The first-order valence-corrected chi connectivity index (χ1v) is 5.78. The number of nitrogens with one attached hydrogen (secondary N) is 1. The van der Waals surface area contributed by atoms with E-state index in [0.29, 0.717) is 18.2 Å². The molecular weight excluding hydrogens is 218 g/mol. The first kappa shape index (κ1) is 13.8. The topological polar surface area (TPSA) is 61.7 Å². The van der Waals surface area contributed by atoms with Gasteiger partial charge < -0.3 is 20.3 Å². The van der Waals surface area contributed by atoms with E-state index in [0.717, 1.165) is 5.56 Å². The number of benzene rings is 1. The number of ether oxygens (including phenoxy) is 1. The van der Waals surface area contributed by atoms with E-state index in [-0.39, 0.29) is 18.4 Å². The van der Waals surface area contributed by atoms with Crippen molar-refractivity contribution in [3.05, 3.63) is 23.8 Å². The van der Waals surface area contributed by atoms with Crippen molar-refractivity contribution in [1.82, 2.24) is 5.32 Å². The predicted molar refractivity (Wildman–Crippen MR) is 67.2 cm³/mol. The fourth-order valence-electron chi connectivity index (χ4n) is 1.59. The number of rotatable bonds is 6. The number of hydrogen-bond acceptors (Lipinski definition) is 4. The summed E-state index contributed by atoms with van der Waals surface area (Å²) in [5.74, 6) is 0.979. The van der Waals surface area contributed by atoms with Crippen LogP contribution in [-0.2, 0) is 6.54 Å². The average molecular weight is 239 g/mol.